The first kappa shape index (κ1) is 14.9. The third kappa shape index (κ3) is 3.51. The van der Waals surface area contributed by atoms with Crippen molar-refractivity contribution < 1.29 is 4.39 Å². The molecule has 0 spiro atoms. The summed E-state index contributed by atoms with van der Waals surface area (Å²) in [6, 6.07) is 14.6. The lowest BCUT2D eigenvalue weighted by Crippen LogP contribution is -2.18. The Bertz CT molecular complexity index is 674. The molecular weight excluding hydrogens is 265 g/mol. The van der Waals surface area contributed by atoms with Crippen LogP contribution in [0.4, 0.5) is 15.8 Å². The molecule has 3 nitrogen and oxygen atoms in total. The minimum absolute atomic E-state index is 0.333. The molecule has 21 heavy (non-hydrogen) atoms. The van der Waals surface area contributed by atoms with Gasteiger partial charge in [-0.05, 0) is 35.9 Å². The van der Waals surface area contributed by atoms with Crippen molar-refractivity contribution in [3.05, 3.63) is 59.4 Å². The number of nitriles is 1. The van der Waals surface area contributed by atoms with Crippen LogP contribution < -0.4 is 9.80 Å². The molecule has 0 N–H and O–H groups in total. The Balaban J connectivity index is 2.20. The largest absolute Gasteiger partial charge is 0.378 e. The van der Waals surface area contributed by atoms with Gasteiger partial charge in [0.05, 0.1) is 17.3 Å². The summed E-state index contributed by atoms with van der Waals surface area (Å²) < 4.78 is 14.0. The third-order valence-corrected chi connectivity index (χ3v) is 3.33. The number of benzene rings is 2. The fourth-order valence-corrected chi connectivity index (χ4v) is 2.18. The zero-order chi connectivity index (χ0) is 15.4. The zero-order valence-electron chi connectivity index (χ0n) is 12.5. The molecule has 0 amide bonds. The smallest absolute Gasteiger partial charge is 0.147 e. The first-order chi connectivity index (χ1) is 10.0. The molecule has 0 aliphatic heterocycles. The fourth-order valence-electron chi connectivity index (χ4n) is 2.18. The topological polar surface area (TPSA) is 30.3 Å². The van der Waals surface area contributed by atoms with Gasteiger partial charge in [-0.25, -0.2) is 4.39 Å². The van der Waals surface area contributed by atoms with Gasteiger partial charge in [-0.1, -0.05) is 12.1 Å². The quantitative estimate of drug-likeness (QED) is 0.861. The van der Waals surface area contributed by atoms with E-state index in [1.807, 2.05) is 55.2 Å². The fraction of sp³-hybridized carbons (Fsp3) is 0.235. The standard InChI is InChI=1S/C17H18FN3/c1-20(2)15-6-4-5-14(9-15)12-21(3)17-8-7-13(11-19)10-16(17)18/h4-10H,12H2,1-3H3. The van der Waals surface area contributed by atoms with E-state index in [1.54, 1.807) is 12.1 Å². The normalized spacial score (nSPS) is 10.0. The minimum Gasteiger partial charge on any atom is -0.378 e. The molecule has 0 atom stereocenters. The summed E-state index contributed by atoms with van der Waals surface area (Å²) in [6.07, 6.45) is 0. The van der Waals surface area contributed by atoms with Gasteiger partial charge >= 0.3 is 0 Å². The highest BCUT2D eigenvalue weighted by molar-refractivity contribution is 5.52. The molecule has 0 radical (unpaired) electrons. The van der Waals surface area contributed by atoms with E-state index in [0.717, 1.165) is 11.3 Å². The zero-order valence-corrected chi connectivity index (χ0v) is 12.5. The molecule has 0 saturated carbocycles. The van der Waals surface area contributed by atoms with Gasteiger partial charge in [0.2, 0.25) is 0 Å². The van der Waals surface area contributed by atoms with E-state index in [1.165, 1.54) is 6.07 Å². The lowest BCUT2D eigenvalue weighted by molar-refractivity contribution is 0.622. The summed E-state index contributed by atoms with van der Waals surface area (Å²) in [6.45, 7) is 0.602. The first-order valence-electron chi connectivity index (χ1n) is 6.68. The molecule has 0 unspecified atom stereocenters. The second kappa shape index (κ2) is 6.27. The summed E-state index contributed by atoms with van der Waals surface area (Å²) in [5, 5.41) is 8.77. The molecule has 0 aliphatic carbocycles. The van der Waals surface area contributed by atoms with Crippen molar-refractivity contribution in [2.75, 3.05) is 30.9 Å². The minimum atomic E-state index is -0.375. The van der Waals surface area contributed by atoms with Gasteiger partial charge in [-0.2, -0.15) is 5.26 Å². The van der Waals surface area contributed by atoms with Gasteiger partial charge in [-0.3, -0.25) is 0 Å². The van der Waals surface area contributed by atoms with Gasteiger partial charge in [-0.15, -0.1) is 0 Å². The predicted octanol–water partition coefficient (Wildman–Crippen LogP) is 3.40. The van der Waals surface area contributed by atoms with Gasteiger partial charge in [0.25, 0.3) is 0 Å². The average Bonchev–Trinajstić information content (AvgIpc) is 2.47. The highest BCUT2D eigenvalue weighted by Crippen LogP contribution is 2.22. The van der Waals surface area contributed by atoms with E-state index < -0.39 is 0 Å². The van der Waals surface area contributed by atoms with Crippen molar-refractivity contribution in [3.63, 3.8) is 0 Å². The summed E-state index contributed by atoms with van der Waals surface area (Å²) in [5.41, 5.74) is 3.04. The predicted molar refractivity (Wildman–Crippen MR) is 84.0 cm³/mol. The SMILES string of the molecule is CN(C)c1cccc(CN(C)c2ccc(C#N)cc2F)c1. The van der Waals surface area contributed by atoms with Crippen LogP contribution in [0.15, 0.2) is 42.5 Å². The Morgan fingerprint density at radius 3 is 2.48 bits per heavy atom. The highest BCUT2D eigenvalue weighted by Gasteiger charge is 2.09. The number of halogens is 1. The van der Waals surface area contributed by atoms with Gasteiger partial charge in [0.1, 0.15) is 5.82 Å². The molecule has 0 saturated heterocycles. The summed E-state index contributed by atoms with van der Waals surface area (Å²) in [4.78, 5) is 3.87. The van der Waals surface area contributed by atoms with E-state index in [4.69, 9.17) is 5.26 Å². The van der Waals surface area contributed by atoms with E-state index in [0.29, 0.717) is 17.8 Å². The van der Waals surface area contributed by atoms with Crippen LogP contribution in [0.5, 0.6) is 0 Å². The maximum atomic E-state index is 14.0. The molecule has 4 heteroatoms. The monoisotopic (exact) mass is 283 g/mol. The molecule has 2 aromatic rings. The van der Waals surface area contributed by atoms with Crippen molar-refractivity contribution in [1.82, 2.24) is 0 Å². The lowest BCUT2D eigenvalue weighted by atomic mass is 10.1. The number of hydrogen-bond donors (Lipinski definition) is 0. The van der Waals surface area contributed by atoms with Crippen LogP contribution in [0.2, 0.25) is 0 Å². The Morgan fingerprint density at radius 1 is 1.10 bits per heavy atom. The van der Waals surface area contributed by atoms with Gasteiger partial charge < -0.3 is 9.80 Å². The van der Waals surface area contributed by atoms with Crippen molar-refractivity contribution in [1.29, 1.82) is 5.26 Å². The van der Waals surface area contributed by atoms with E-state index in [2.05, 4.69) is 6.07 Å². The van der Waals surface area contributed by atoms with Crippen LogP contribution in [0.25, 0.3) is 0 Å². The van der Waals surface area contributed by atoms with Crippen LogP contribution >= 0.6 is 0 Å². The second-order valence-electron chi connectivity index (χ2n) is 5.20. The molecule has 0 bridgehead atoms. The Hall–Kier alpha value is -2.54. The molecular formula is C17H18FN3. The summed E-state index contributed by atoms with van der Waals surface area (Å²) >= 11 is 0. The molecule has 0 heterocycles. The average molecular weight is 283 g/mol. The molecule has 0 aromatic heterocycles. The summed E-state index contributed by atoms with van der Waals surface area (Å²) in [7, 11) is 5.82. The van der Waals surface area contributed by atoms with Crippen LogP contribution in [0, 0.1) is 17.1 Å². The molecule has 0 aliphatic rings. The number of nitrogens with zero attached hydrogens (tertiary/aromatic N) is 3. The van der Waals surface area contributed by atoms with Crippen LogP contribution in [0.1, 0.15) is 11.1 Å². The Kier molecular flexibility index (Phi) is 4.44. The van der Waals surface area contributed by atoms with Crippen LogP contribution in [-0.2, 0) is 6.54 Å². The van der Waals surface area contributed by atoms with Crippen molar-refractivity contribution in [2.45, 2.75) is 6.54 Å². The third-order valence-electron chi connectivity index (χ3n) is 3.33. The van der Waals surface area contributed by atoms with Crippen LogP contribution in [0.3, 0.4) is 0 Å². The van der Waals surface area contributed by atoms with E-state index in [9.17, 15) is 4.39 Å². The number of anilines is 2. The van der Waals surface area contributed by atoms with Crippen molar-refractivity contribution in [3.8, 4) is 6.07 Å². The maximum Gasteiger partial charge on any atom is 0.147 e. The summed E-state index contributed by atoms with van der Waals surface area (Å²) in [5.74, 6) is -0.375. The van der Waals surface area contributed by atoms with Gasteiger partial charge in [0, 0.05) is 33.4 Å². The number of hydrogen-bond acceptors (Lipinski definition) is 3. The van der Waals surface area contributed by atoms with E-state index in [-0.39, 0.29) is 5.82 Å². The molecule has 2 rings (SSSR count). The maximum absolute atomic E-state index is 14.0. The number of rotatable bonds is 4. The van der Waals surface area contributed by atoms with Crippen molar-refractivity contribution in [2.24, 2.45) is 0 Å². The lowest BCUT2D eigenvalue weighted by Gasteiger charge is -2.21. The first-order valence-corrected chi connectivity index (χ1v) is 6.68. The molecule has 0 fully saturated rings. The molecule has 2 aromatic carbocycles. The van der Waals surface area contributed by atoms with Gasteiger partial charge in [0.15, 0.2) is 0 Å². The molecule has 108 valence electrons. The van der Waals surface area contributed by atoms with E-state index >= 15 is 0 Å². The highest BCUT2D eigenvalue weighted by atomic mass is 19.1. The second-order valence-corrected chi connectivity index (χ2v) is 5.20. The Labute approximate surface area is 124 Å². The Morgan fingerprint density at radius 2 is 1.86 bits per heavy atom. The van der Waals surface area contributed by atoms with Crippen molar-refractivity contribution >= 4 is 11.4 Å². The van der Waals surface area contributed by atoms with Crippen LogP contribution in [-0.4, -0.2) is 21.1 Å².